The second-order valence-electron chi connectivity index (χ2n) is 15.7. The molecule has 0 rings (SSSR count). The minimum Gasteiger partial charge on any atom is -0.392 e. The number of amides is 5. The molecule has 0 aliphatic rings. The van der Waals surface area contributed by atoms with E-state index in [1.54, 1.807) is 77.7 Å². The number of rotatable bonds is 10. The number of hydrogen-bond acceptors (Lipinski definition) is 15. The van der Waals surface area contributed by atoms with Gasteiger partial charge in [-0.25, -0.2) is 0 Å². The van der Waals surface area contributed by atoms with Crippen LogP contribution in [0.5, 0.6) is 0 Å². The third-order valence-electron chi connectivity index (χ3n) is 6.07. The molecule has 0 aromatic carbocycles. The molecule has 0 aliphatic carbocycles. The SMILES string of the molecule is C.C.C.C.C.C.C.C.C.C.C.C.C.CC(=O)N(C)C.CC(=O)N(C)C.CC(=O)N(C)C.CCC.CCC(=O)NC.CCC(O)CN(C)C.CCC(O)CNC.CCN(C)C.CCNC.CCOC.CN(C)C.CNC.CNC(C)=O.COC. The predicted octanol–water partition coefficient (Wildman–Crippen LogP) is 11.9. The van der Waals surface area contributed by atoms with Crippen molar-refractivity contribution in [1.29, 1.82) is 0 Å². The number of ether oxygens (including phenoxy) is 2. The number of aliphatic hydroxyl groups excluding tert-OH is 2. The largest absolute Gasteiger partial charge is 0.392 e. The van der Waals surface area contributed by atoms with Crippen molar-refractivity contribution in [1.82, 2.24) is 56.0 Å². The van der Waals surface area contributed by atoms with Crippen LogP contribution in [0.4, 0.5) is 0 Å². The van der Waals surface area contributed by atoms with E-state index in [1.807, 2.05) is 101 Å². The molecule has 0 aliphatic heterocycles. The molecule has 2 atom stereocenters. The number of hydrogen-bond donors (Lipinski definition) is 7. The number of aliphatic hydroxyl groups is 2. The van der Waals surface area contributed by atoms with Gasteiger partial charge in [0.25, 0.3) is 0 Å². The Balaban J connectivity index is -0.0000000162. The summed E-state index contributed by atoms with van der Waals surface area (Å²) in [6, 6.07) is 0. The Morgan fingerprint density at radius 3 is 0.651 bits per heavy atom. The minimum atomic E-state index is -0.162. The maximum absolute atomic E-state index is 10.1. The molecule has 0 radical (unpaired) electrons. The maximum atomic E-state index is 10.1. The van der Waals surface area contributed by atoms with E-state index in [9.17, 15) is 24.0 Å². The Kier molecular flexibility index (Phi) is 381. The standard InChI is InChI=1S/C6H15NO.C5H13NO.4C4H9NO.C4H11N.C3H7NO.2C3H9N.C3H8O.C3H8.C2H7N.C2H6O.13CH4/c1-4-6(8)5-7(2)3;1-3-5(7)4-6-2;3*1-4(6)5(2)3;1-3-4(6)5-2;1-4-5(2)3;1-3(5)4-2;1-4(2)3;2*1-3-4-2;3*1-3-2;;;;;;;;;;;;;/h6,8H,4-5H2,1-3H3;5-7H,3-4H2,1-2H3;3*1-3H3;3H2,1-2H3,(H,5,6);4H2,1-3H3;1-2H3,(H,4,5);1-3H3;4H,3H2,1-2H3;3H2,1-2H3;3H2,1-2H3;3H,1-2H3;1-2H3;13*1H4. The van der Waals surface area contributed by atoms with E-state index in [0.717, 1.165) is 39.1 Å². The van der Waals surface area contributed by atoms with Crippen LogP contribution in [0.25, 0.3) is 0 Å². The molecule has 0 heterocycles. The lowest BCUT2D eigenvalue weighted by molar-refractivity contribution is -0.127. The van der Waals surface area contributed by atoms with Crippen molar-refractivity contribution >= 4 is 29.5 Å². The van der Waals surface area contributed by atoms with Gasteiger partial charge >= 0.3 is 0 Å². The van der Waals surface area contributed by atoms with Gasteiger partial charge in [0.15, 0.2) is 0 Å². The quantitative estimate of drug-likeness (QED) is 0.108. The smallest absolute Gasteiger partial charge is 0.219 e. The van der Waals surface area contributed by atoms with Crippen LogP contribution >= 0.6 is 0 Å². The van der Waals surface area contributed by atoms with Gasteiger partial charge in [-0.15, -0.1) is 0 Å². The zero-order chi connectivity index (χ0) is 59.8. The van der Waals surface area contributed by atoms with E-state index in [2.05, 4.69) is 82.7 Å². The summed E-state index contributed by atoms with van der Waals surface area (Å²) in [5.41, 5.74) is 0. The lowest BCUT2D eigenvalue weighted by Gasteiger charge is -2.13. The lowest BCUT2D eigenvalue weighted by atomic mass is 10.3. The first kappa shape index (κ1) is 178. The molecule has 0 fully saturated rings. The fourth-order valence-corrected chi connectivity index (χ4v) is 1.11. The predicted molar refractivity (Wildman–Crippen MR) is 395 cm³/mol. The molecule has 0 spiro atoms. The third-order valence-corrected chi connectivity index (χ3v) is 6.07. The normalized spacial score (nSPS) is 7.65. The Hall–Kier alpha value is -3.05. The highest BCUT2D eigenvalue weighted by atomic mass is 16.5. The molecule has 5 amide bonds. The third kappa shape index (κ3) is 521. The lowest BCUT2D eigenvalue weighted by Crippen LogP contribution is -2.24. The van der Waals surface area contributed by atoms with E-state index in [0.29, 0.717) is 13.0 Å². The summed E-state index contributed by atoms with van der Waals surface area (Å²) in [5, 5.41) is 31.2. The molecule has 0 bridgehead atoms. The molecule has 7 N–H and O–H groups in total. The highest BCUT2D eigenvalue weighted by Crippen LogP contribution is 1.89. The van der Waals surface area contributed by atoms with Crippen LogP contribution in [0.15, 0.2) is 0 Å². The summed E-state index contributed by atoms with van der Waals surface area (Å²) in [6.07, 6.45) is 3.20. The molecule has 2 unspecified atom stereocenters. The Bertz CT molecular complexity index is 845. The van der Waals surface area contributed by atoms with Crippen molar-refractivity contribution in [3.63, 3.8) is 0 Å². The van der Waals surface area contributed by atoms with Crippen molar-refractivity contribution in [3.8, 4) is 0 Å². The summed E-state index contributed by atoms with van der Waals surface area (Å²) in [4.78, 5) is 60.7. The van der Waals surface area contributed by atoms with Gasteiger partial charge in [-0.05, 0) is 110 Å². The van der Waals surface area contributed by atoms with Gasteiger partial charge in [-0.2, -0.15) is 0 Å². The molecule has 0 aromatic rings. The van der Waals surface area contributed by atoms with E-state index in [4.69, 9.17) is 10.2 Å². The minimum absolute atomic E-state index is 0. The highest BCUT2D eigenvalue weighted by molar-refractivity contribution is 5.75. The monoisotopic (exact) mass is 1240 g/mol. The fraction of sp³-hybridized carbons (Fsp3) is 0.921. The Morgan fingerprint density at radius 2 is 0.627 bits per heavy atom. The van der Waals surface area contributed by atoms with Crippen LogP contribution in [0.2, 0.25) is 0 Å². The summed E-state index contributed by atoms with van der Waals surface area (Å²) in [6.45, 7) is 26.7. The Morgan fingerprint density at radius 1 is 0.446 bits per heavy atom. The number of nitrogens with zero attached hydrogens (tertiary/aromatic N) is 6. The van der Waals surface area contributed by atoms with Crippen molar-refractivity contribution in [3.05, 3.63) is 0 Å². The second kappa shape index (κ2) is 178. The van der Waals surface area contributed by atoms with Crippen molar-refractivity contribution in [2.45, 2.75) is 218 Å². The maximum Gasteiger partial charge on any atom is 0.219 e. The van der Waals surface area contributed by atoms with E-state index in [1.165, 1.54) is 48.8 Å². The van der Waals surface area contributed by atoms with E-state index >= 15 is 0 Å². The summed E-state index contributed by atoms with van der Waals surface area (Å²) in [7, 11) is 40.0. The van der Waals surface area contributed by atoms with Crippen molar-refractivity contribution < 1.29 is 43.7 Å². The second-order valence-corrected chi connectivity index (χ2v) is 15.7. The molecule has 542 valence electrons. The van der Waals surface area contributed by atoms with Crippen LogP contribution in [0, 0.1) is 0 Å². The van der Waals surface area contributed by atoms with Crippen LogP contribution in [0.1, 0.15) is 205 Å². The first-order valence-electron chi connectivity index (χ1n) is 24.0. The van der Waals surface area contributed by atoms with Gasteiger partial charge in [0.05, 0.1) is 12.2 Å². The number of methoxy groups -OCH3 is 2. The average Bonchev–Trinajstić information content (AvgIpc) is 3.27. The average molecular weight is 1240 g/mol. The zero-order valence-electron chi connectivity index (χ0n) is 53.0. The van der Waals surface area contributed by atoms with Gasteiger partial charge in [0.1, 0.15) is 0 Å². The van der Waals surface area contributed by atoms with Gasteiger partial charge < -0.3 is 75.7 Å². The topological polar surface area (TPSA) is 224 Å². The van der Waals surface area contributed by atoms with Crippen molar-refractivity contribution in [2.24, 2.45) is 0 Å². The zero-order valence-corrected chi connectivity index (χ0v) is 53.0. The molecular formula is C63H181N11O9. The molecule has 83 heavy (non-hydrogen) atoms. The van der Waals surface area contributed by atoms with Crippen LogP contribution < -0.4 is 26.6 Å². The summed E-state index contributed by atoms with van der Waals surface area (Å²) in [5.74, 6) is 0.375. The molecule has 20 nitrogen and oxygen atoms in total. The molecule has 0 saturated heterocycles. The van der Waals surface area contributed by atoms with Crippen LogP contribution in [-0.4, -0.2) is 269 Å². The van der Waals surface area contributed by atoms with Crippen LogP contribution in [0.3, 0.4) is 0 Å². The van der Waals surface area contributed by atoms with Crippen molar-refractivity contribution in [2.75, 3.05) is 188 Å². The number of likely N-dealkylation sites (N-methyl/N-ethyl adjacent to an activating group) is 2. The summed E-state index contributed by atoms with van der Waals surface area (Å²) >= 11 is 0. The summed E-state index contributed by atoms with van der Waals surface area (Å²) < 4.78 is 8.79. The molecule has 0 aromatic heterocycles. The van der Waals surface area contributed by atoms with Gasteiger partial charge in [-0.1, -0.05) is 151 Å². The highest BCUT2D eigenvalue weighted by Gasteiger charge is 1.99. The number of carbonyl (C=O) groups excluding carboxylic acids is 5. The van der Waals surface area contributed by atoms with Gasteiger partial charge in [0, 0.05) is 132 Å². The molecule has 0 saturated carbocycles. The Labute approximate surface area is 532 Å². The van der Waals surface area contributed by atoms with E-state index in [-0.39, 0.29) is 138 Å². The first-order chi connectivity index (χ1) is 32.1. The molecular weight excluding hydrogens is 1050 g/mol. The molecule has 20 heteroatoms. The van der Waals surface area contributed by atoms with Gasteiger partial charge in [-0.3, -0.25) is 24.0 Å². The van der Waals surface area contributed by atoms with Gasteiger partial charge in [0.2, 0.25) is 29.5 Å². The van der Waals surface area contributed by atoms with E-state index < -0.39 is 0 Å². The number of nitrogens with one attached hydrogen (secondary N) is 5. The van der Waals surface area contributed by atoms with Crippen LogP contribution in [-0.2, 0) is 33.4 Å². The number of carbonyl (C=O) groups is 5. The first-order valence-corrected chi connectivity index (χ1v) is 24.0. The fourth-order valence-electron chi connectivity index (χ4n) is 1.11.